The molecule has 4 N–H and O–H groups in total. The highest BCUT2D eigenvalue weighted by Gasteiger charge is 2.45. The second-order valence-corrected chi connectivity index (χ2v) is 33.5. The molecule has 89 heavy (non-hydrogen) atoms. The number of carbonyl (C=O) groups excluding carboxylic acids is 4. The van der Waals surface area contributed by atoms with Crippen LogP contribution in [0.3, 0.4) is 0 Å². The van der Waals surface area contributed by atoms with Crippen LogP contribution in [0.15, 0.2) is 87.8 Å². The lowest BCUT2D eigenvalue weighted by molar-refractivity contribution is -0.173. The fourth-order valence-corrected chi connectivity index (χ4v) is 10.0. The van der Waals surface area contributed by atoms with E-state index < -0.39 is 114 Å². The van der Waals surface area contributed by atoms with Gasteiger partial charge in [0.15, 0.2) is 28.3 Å². The highest BCUT2D eigenvalue weighted by atomic mass is 32.2. The molecule has 23 nitrogen and oxygen atoms in total. The van der Waals surface area contributed by atoms with E-state index in [0.29, 0.717) is 5.94 Å². The molecular formula is C57H71F6N11O12SSi2. The number of hydrogen-bond acceptors (Lipinski definition) is 16. The van der Waals surface area contributed by atoms with Crippen LogP contribution in [0.4, 0.5) is 38.0 Å². The lowest BCUT2D eigenvalue weighted by Crippen LogP contribution is -2.44. The van der Waals surface area contributed by atoms with Gasteiger partial charge in [0.25, 0.3) is 11.8 Å². The third-order valence-corrected chi connectivity index (χ3v) is 24.1. The molecule has 4 aromatic rings. The molecule has 0 bridgehead atoms. The number of anilines is 2. The van der Waals surface area contributed by atoms with E-state index in [-0.39, 0.29) is 76.8 Å². The molecule has 0 radical (unpaired) electrons. The van der Waals surface area contributed by atoms with Gasteiger partial charge in [-0.3, -0.25) is 28.3 Å². The zero-order chi connectivity index (χ0) is 66.1. The number of benzene rings is 2. The fraction of sp³-hybridized carbons (Fsp3) is 0.509. The monoisotopic (exact) mass is 1300 g/mol. The number of thioether (sulfide) groups is 1. The van der Waals surface area contributed by atoms with E-state index in [4.69, 9.17) is 33.3 Å². The van der Waals surface area contributed by atoms with E-state index in [9.17, 15) is 55.1 Å². The first-order valence-corrected chi connectivity index (χ1v) is 34.8. The van der Waals surface area contributed by atoms with Crippen molar-refractivity contribution in [2.24, 2.45) is 5.11 Å². The first-order chi connectivity index (χ1) is 41.6. The number of nitrogens with one attached hydrogen (secondary N) is 4. The largest absolute Gasteiger partial charge is 0.471 e. The summed E-state index contributed by atoms with van der Waals surface area (Å²) in [4.78, 5) is 85.1. The zero-order valence-corrected chi connectivity index (χ0v) is 53.6. The lowest BCUT2D eigenvalue weighted by Gasteiger charge is -2.37. The molecule has 0 aliphatic carbocycles. The standard InChI is InChI=1S/C29H37F3N4O6SSi.C28H34F3N7O6Si/c1-28(2,3)44(5,6)41-17-22-21(40-18-43-4)15-23(42-22)36-16-20(13-10-14-33-26(38)29(30,31)32)24(35-27(36)39)34-25(37)19-11-8-7-9-12-19;1-27(2,3)45(4,5)43-16-21-20(42-17-34-37-32)14-22(44-21)38-15-19(12-9-13-33-25(40)28(29,30)31)23(36-26(38)41)35-24(39)18-10-7-6-8-11-18/h7-9,11-12,16,21-23H,14-15,17-18H2,1-6H3,(H,33,38)(H,34,35,37,39);6-8,10-11,15,20-22H,13-14,16-17H2,1-5H3,(H,33,40)(H,35,36,39,41). The lowest BCUT2D eigenvalue weighted by atomic mass is 10.2. The molecule has 4 amide bonds. The minimum atomic E-state index is -5.09. The molecule has 2 aliphatic heterocycles. The van der Waals surface area contributed by atoms with Crippen molar-refractivity contribution in [1.29, 1.82) is 0 Å². The van der Waals surface area contributed by atoms with E-state index >= 15 is 0 Å². The summed E-state index contributed by atoms with van der Waals surface area (Å²) in [7, 11) is -4.33. The molecular weight excluding hydrogens is 1230 g/mol. The van der Waals surface area contributed by atoms with E-state index in [2.05, 4.69) is 122 Å². The molecule has 2 saturated heterocycles. The van der Waals surface area contributed by atoms with Gasteiger partial charge in [0.1, 0.15) is 31.4 Å². The number of rotatable bonds is 20. The Kier molecular flexibility index (Phi) is 25.5. The van der Waals surface area contributed by atoms with Crippen LogP contribution in [0.2, 0.25) is 36.3 Å². The second kappa shape index (κ2) is 31.4. The van der Waals surface area contributed by atoms with Crippen molar-refractivity contribution in [3.63, 3.8) is 0 Å². The molecule has 6 rings (SSSR count). The number of ether oxygens (including phenoxy) is 4. The zero-order valence-electron chi connectivity index (χ0n) is 50.8. The van der Waals surface area contributed by atoms with Gasteiger partial charge in [-0.15, -0.1) is 11.8 Å². The summed E-state index contributed by atoms with van der Waals surface area (Å²) in [6.07, 6.45) is -9.22. The minimum Gasteiger partial charge on any atom is -0.414 e. The van der Waals surface area contributed by atoms with Crippen molar-refractivity contribution in [3.05, 3.63) is 127 Å². The summed E-state index contributed by atoms with van der Waals surface area (Å²) in [5.41, 5.74) is 7.64. The van der Waals surface area contributed by atoms with Gasteiger partial charge in [-0.25, -0.2) is 9.59 Å². The van der Waals surface area contributed by atoms with Gasteiger partial charge in [0.2, 0.25) is 0 Å². The molecule has 2 aromatic carbocycles. The van der Waals surface area contributed by atoms with Gasteiger partial charge < -0.3 is 49.1 Å². The number of hydrogen-bond donors (Lipinski definition) is 4. The highest BCUT2D eigenvalue weighted by Crippen LogP contribution is 2.40. The van der Waals surface area contributed by atoms with Gasteiger partial charge in [-0.2, -0.15) is 36.3 Å². The van der Waals surface area contributed by atoms with Crippen LogP contribution < -0.4 is 32.6 Å². The van der Waals surface area contributed by atoms with Crippen molar-refractivity contribution < 1.29 is 73.3 Å². The number of aromatic nitrogens is 4. The molecule has 6 atom stereocenters. The smallest absolute Gasteiger partial charge is 0.414 e. The predicted octanol–water partition coefficient (Wildman–Crippen LogP) is 9.03. The van der Waals surface area contributed by atoms with E-state index in [0.717, 1.165) is 4.57 Å². The van der Waals surface area contributed by atoms with Gasteiger partial charge in [0.05, 0.1) is 55.6 Å². The van der Waals surface area contributed by atoms with Crippen LogP contribution in [-0.4, -0.2) is 141 Å². The Morgan fingerprint density at radius 2 is 1.06 bits per heavy atom. The van der Waals surface area contributed by atoms with Crippen molar-refractivity contribution in [2.45, 2.75) is 140 Å². The second-order valence-electron chi connectivity index (χ2n) is 23.0. The van der Waals surface area contributed by atoms with Gasteiger partial charge in [-0.05, 0) is 72.3 Å². The molecule has 0 spiro atoms. The Labute approximate surface area is 516 Å². The molecule has 2 aliphatic rings. The van der Waals surface area contributed by atoms with Crippen LogP contribution in [0, 0.1) is 23.7 Å². The number of alkyl halides is 6. The molecule has 0 saturated carbocycles. The minimum absolute atomic E-state index is 0.0290. The SMILES string of the molecule is CC(C)(C)[Si](C)(C)OCC1OC(n2cc(C#CCNC(=O)C(F)(F)F)c(NC(=O)c3ccccc3)nc2=O)CC1OCN=[N+]=[N-].CSCOC1CC(n2cc(C#CCNC(=O)C(F)(F)F)c(NC(=O)c3ccccc3)nc2=O)OC1CO[Si](C)(C)C(C)(C)C. The molecule has 4 heterocycles. The van der Waals surface area contributed by atoms with Gasteiger partial charge in [-0.1, -0.05) is 107 Å². The topological polar surface area (TPSA) is 290 Å². The molecule has 6 unspecified atom stereocenters. The first-order valence-electron chi connectivity index (χ1n) is 27.6. The number of nitrogens with zero attached hydrogens (tertiary/aromatic N) is 7. The molecule has 482 valence electrons. The maximum Gasteiger partial charge on any atom is 0.471 e. The third-order valence-electron chi connectivity index (χ3n) is 14.7. The summed E-state index contributed by atoms with van der Waals surface area (Å²) >= 11 is 1.49. The first kappa shape index (κ1) is 72.4. The van der Waals surface area contributed by atoms with Crippen molar-refractivity contribution >= 4 is 63.7 Å². The molecule has 2 aromatic heterocycles. The Morgan fingerprint density at radius 1 is 0.674 bits per heavy atom. The summed E-state index contributed by atoms with van der Waals surface area (Å²) in [5.74, 6) is 4.43. The summed E-state index contributed by atoms with van der Waals surface area (Å²) < 4.78 is 115. The number of carbonyl (C=O) groups is 4. The van der Waals surface area contributed by atoms with Gasteiger partial charge in [0, 0.05) is 41.3 Å². The third kappa shape index (κ3) is 21.1. The highest BCUT2D eigenvalue weighted by molar-refractivity contribution is 7.98. The van der Waals surface area contributed by atoms with E-state index in [1.165, 1.54) is 40.9 Å². The maximum atomic E-state index is 13.2. The number of azide groups is 1. The normalized spacial score (nSPS) is 18.6. The molecule has 32 heteroatoms. The fourth-order valence-electron chi connectivity index (χ4n) is 7.71. The van der Waals surface area contributed by atoms with Gasteiger partial charge >= 0.3 is 35.5 Å². The number of halogens is 6. The Morgan fingerprint density at radius 3 is 1.40 bits per heavy atom. The number of amides is 4. The Bertz CT molecular complexity index is 3430. The van der Waals surface area contributed by atoms with Crippen LogP contribution in [0.1, 0.15) is 98.7 Å². The summed E-state index contributed by atoms with van der Waals surface area (Å²) in [6.45, 7) is 19.8. The van der Waals surface area contributed by atoms with Crippen molar-refractivity contribution in [3.8, 4) is 23.7 Å². The van der Waals surface area contributed by atoms with Crippen LogP contribution in [-0.2, 0) is 37.4 Å². The average Bonchev–Trinajstić information content (AvgIpc) is 1.88. The van der Waals surface area contributed by atoms with Crippen LogP contribution >= 0.6 is 11.8 Å². The Hall–Kier alpha value is -7.37. The van der Waals surface area contributed by atoms with Crippen molar-refractivity contribution in [1.82, 2.24) is 29.7 Å². The van der Waals surface area contributed by atoms with Crippen LogP contribution in [0.25, 0.3) is 10.4 Å². The quantitative estimate of drug-likeness (QED) is 0.0122. The Balaban J connectivity index is 0.000000324. The molecule has 2 fully saturated rings. The van der Waals surface area contributed by atoms with E-state index in [1.807, 2.05) is 6.26 Å². The summed E-state index contributed by atoms with van der Waals surface area (Å²) in [6, 6.07) is 16.2. The maximum absolute atomic E-state index is 13.2. The average molecular weight is 1300 g/mol. The van der Waals surface area contributed by atoms with Crippen LogP contribution in [0.5, 0.6) is 0 Å². The summed E-state index contributed by atoms with van der Waals surface area (Å²) in [5, 5.41) is 11.6. The predicted molar refractivity (Wildman–Crippen MR) is 323 cm³/mol. The van der Waals surface area contributed by atoms with E-state index in [1.54, 1.807) is 59.2 Å². The van der Waals surface area contributed by atoms with Crippen molar-refractivity contribution in [2.75, 3.05) is 55.9 Å².